The van der Waals surface area contributed by atoms with Gasteiger partial charge in [-0.1, -0.05) is 12.1 Å². The normalized spacial score (nSPS) is 18.3. The lowest BCUT2D eigenvalue weighted by Gasteiger charge is -2.11. The van der Waals surface area contributed by atoms with Gasteiger partial charge >= 0.3 is 0 Å². The Morgan fingerprint density at radius 3 is 2.79 bits per heavy atom. The van der Waals surface area contributed by atoms with Crippen molar-refractivity contribution < 1.29 is 9.53 Å². The number of hydrogen-bond donors (Lipinski definition) is 2. The average Bonchev–Trinajstić information content (AvgIpc) is 2.91. The summed E-state index contributed by atoms with van der Waals surface area (Å²) in [6.07, 6.45) is 1.59. The van der Waals surface area contributed by atoms with Gasteiger partial charge in [0, 0.05) is 31.3 Å². The highest BCUT2D eigenvalue weighted by Crippen LogP contribution is 2.15. The van der Waals surface area contributed by atoms with Gasteiger partial charge in [-0.25, -0.2) is 0 Å². The largest absolute Gasteiger partial charge is 0.385 e. The highest BCUT2D eigenvalue weighted by Gasteiger charge is 2.14. The molecule has 1 saturated heterocycles. The third-order valence-corrected chi connectivity index (χ3v) is 3.31. The van der Waals surface area contributed by atoms with Gasteiger partial charge < -0.3 is 15.4 Å². The first-order chi connectivity index (χ1) is 9.28. The van der Waals surface area contributed by atoms with Crippen molar-refractivity contribution in [1.82, 2.24) is 5.32 Å². The van der Waals surface area contributed by atoms with Gasteiger partial charge in [0.1, 0.15) is 0 Å². The predicted molar refractivity (Wildman–Crippen MR) is 76.2 cm³/mol. The molecule has 0 saturated carbocycles. The Hall–Kier alpha value is -1.55. The van der Waals surface area contributed by atoms with Crippen LogP contribution in [0.2, 0.25) is 0 Å². The summed E-state index contributed by atoms with van der Waals surface area (Å²) in [6, 6.07) is 8.07. The van der Waals surface area contributed by atoms with Gasteiger partial charge in [0.25, 0.3) is 0 Å². The molecule has 1 aromatic carbocycles. The number of anilines is 1. The van der Waals surface area contributed by atoms with Crippen LogP contribution in [0.4, 0.5) is 5.69 Å². The molecule has 0 bridgehead atoms. The minimum Gasteiger partial charge on any atom is -0.385 e. The molecular weight excluding hydrogens is 240 g/mol. The Morgan fingerprint density at radius 1 is 1.37 bits per heavy atom. The zero-order valence-electron chi connectivity index (χ0n) is 11.4. The Morgan fingerprint density at radius 2 is 2.16 bits per heavy atom. The number of benzene rings is 1. The Labute approximate surface area is 114 Å². The molecule has 0 aliphatic carbocycles. The van der Waals surface area contributed by atoms with Gasteiger partial charge in [-0.2, -0.15) is 0 Å². The predicted octanol–water partition coefficient (Wildman–Crippen LogP) is 1.81. The smallest absolute Gasteiger partial charge is 0.224 e. The fourth-order valence-corrected chi connectivity index (χ4v) is 2.19. The summed E-state index contributed by atoms with van der Waals surface area (Å²) < 4.78 is 5.35. The van der Waals surface area contributed by atoms with E-state index in [0.29, 0.717) is 18.9 Å². The molecule has 4 heteroatoms. The summed E-state index contributed by atoms with van der Waals surface area (Å²) in [5.74, 6) is 0.696. The molecule has 2 N–H and O–H groups in total. The number of carbonyl (C=O) groups excluding carboxylic acids is 1. The van der Waals surface area contributed by atoms with Crippen molar-refractivity contribution in [2.75, 3.05) is 31.6 Å². The van der Waals surface area contributed by atoms with E-state index in [1.165, 1.54) is 0 Å². The highest BCUT2D eigenvalue weighted by molar-refractivity contribution is 5.78. The van der Waals surface area contributed by atoms with Gasteiger partial charge in [0.05, 0.1) is 13.0 Å². The van der Waals surface area contributed by atoms with Crippen LogP contribution in [0.1, 0.15) is 18.9 Å². The first kappa shape index (κ1) is 13.9. The monoisotopic (exact) mass is 262 g/mol. The van der Waals surface area contributed by atoms with Crippen molar-refractivity contribution in [2.24, 2.45) is 5.92 Å². The molecule has 19 heavy (non-hydrogen) atoms. The molecule has 1 amide bonds. The number of rotatable bonds is 6. The maximum Gasteiger partial charge on any atom is 0.224 e. The molecule has 1 fully saturated rings. The van der Waals surface area contributed by atoms with Crippen LogP contribution in [0, 0.1) is 5.92 Å². The lowest BCUT2D eigenvalue weighted by Crippen LogP contribution is -2.24. The first-order valence-corrected chi connectivity index (χ1v) is 6.95. The summed E-state index contributed by atoms with van der Waals surface area (Å²) >= 11 is 0. The lowest BCUT2D eigenvalue weighted by molar-refractivity contribution is -0.120. The second-order valence-electron chi connectivity index (χ2n) is 4.94. The van der Waals surface area contributed by atoms with Crippen LogP contribution in [0.3, 0.4) is 0 Å². The lowest BCUT2D eigenvalue weighted by atomic mass is 10.1. The van der Waals surface area contributed by atoms with E-state index in [0.717, 1.165) is 37.4 Å². The van der Waals surface area contributed by atoms with Crippen molar-refractivity contribution >= 4 is 11.6 Å². The second-order valence-corrected chi connectivity index (χ2v) is 4.94. The first-order valence-electron chi connectivity index (χ1n) is 6.95. The quantitative estimate of drug-likeness (QED) is 0.822. The third-order valence-electron chi connectivity index (χ3n) is 3.31. The summed E-state index contributed by atoms with van der Waals surface area (Å²) in [5, 5.41) is 6.21. The van der Waals surface area contributed by atoms with E-state index in [1.54, 1.807) is 0 Å². The fourth-order valence-electron chi connectivity index (χ4n) is 2.19. The summed E-state index contributed by atoms with van der Waals surface area (Å²) in [5.41, 5.74) is 2.15. The van der Waals surface area contributed by atoms with Crippen LogP contribution >= 0.6 is 0 Å². The summed E-state index contributed by atoms with van der Waals surface area (Å²) in [4.78, 5) is 11.5. The maximum atomic E-state index is 11.5. The zero-order valence-corrected chi connectivity index (χ0v) is 11.4. The van der Waals surface area contributed by atoms with E-state index in [9.17, 15) is 4.79 Å². The van der Waals surface area contributed by atoms with E-state index in [-0.39, 0.29) is 5.91 Å². The van der Waals surface area contributed by atoms with Crippen LogP contribution in [0.5, 0.6) is 0 Å². The van der Waals surface area contributed by atoms with Crippen molar-refractivity contribution in [3.05, 3.63) is 29.8 Å². The number of likely N-dealkylation sites (N-methyl/N-ethyl adjacent to an activating group) is 1. The van der Waals surface area contributed by atoms with Crippen molar-refractivity contribution in [3.8, 4) is 0 Å². The average molecular weight is 262 g/mol. The van der Waals surface area contributed by atoms with E-state index in [4.69, 9.17) is 4.74 Å². The van der Waals surface area contributed by atoms with Crippen LogP contribution in [-0.2, 0) is 16.0 Å². The molecule has 2 rings (SSSR count). The Bertz CT molecular complexity index is 397. The maximum absolute atomic E-state index is 11.5. The minimum atomic E-state index is 0.0753. The summed E-state index contributed by atoms with van der Waals surface area (Å²) in [7, 11) is 0. The number of nitrogens with one attached hydrogen (secondary N) is 2. The molecule has 0 radical (unpaired) electrons. The molecule has 1 heterocycles. The number of ether oxygens (including phenoxy) is 1. The van der Waals surface area contributed by atoms with E-state index in [1.807, 2.05) is 31.2 Å². The molecule has 1 aliphatic heterocycles. The molecule has 1 aliphatic rings. The Kier molecular flexibility index (Phi) is 5.21. The Balaban J connectivity index is 1.78. The number of carbonyl (C=O) groups is 1. The van der Waals surface area contributed by atoms with Gasteiger partial charge in [0.2, 0.25) is 5.91 Å². The molecule has 0 spiro atoms. The van der Waals surface area contributed by atoms with Crippen molar-refractivity contribution in [2.45, 2.75) is 19.8 Å². The van der Waals surface area contributed by atoms with Crippen LogP contribution in [0.25, 0.3) is 0 Å². The van der Waals surface area contributed by atoms with E-state index < -0.39 is 0 Å². The van der Waals surface area contributed by atoms with Crippen LogP contribution < -0.4 is 10.6 Å². The molecule has 0 aromatic heterocycles. The van der Waals surface area contributed by atoms with Crippen LogP contribution in [-0.4, -0.2) is 32.2 Å². The van der Waals surface area contributed by atoms with Crippen LogP contribution in [0.15, 0.2) is 24.3 Å². The minimum absolute atomic E-state index is 0.0753. The van der Waals surface area contributed by atoms with Crippen molar-refractivity contribution in [1.29, 1.82) is 0 Å². The molecule has 4 nitrogen and oxygen atoms in total. The van der Waals surface area contributed by atoms with Gasteiger partial charge in [-0.15, -0.1) is 0 Å². The molecule has 1 aromatic rings. The van der Waals surface area contributed by atoms with E-state index in [2.05, 4.69) is 10.6 Å². The van der Waals surface area contributed by atoms with Gasteiger partial charge in [-0.05, 0) is 31.0 Å². The SMILES string of the molecule is CCNC(=O)Cc1ccc(NCC2CCOC2)cc1. The third kappa shape index (κ3) is 4.56. The molecule has 1 unspecified atom stereocenters. The topological polar surface area (TPSA) is 50.4 Å². The molecular formula is C15H22N2O2. The van der Waals surface area contributed by atoms with E-state index >= 15 is 0 Å². The zero-order chi connectivity index (χ0) is 13.5. The second kappa shape index (κ2) is 7.14. The summed E-state index contributed by atoms with van der Waals surface area (Å²) in [6.45, 7) is 5.31. The molecule has 104 valence electrons. The molecule has 1 atom stereocenters. The standard InChI is InChI=1S/C15H22N2O2/c1-2-16-15(18)9-12-3-5-14(6-4-12)17-10-13-7-8-19-11-13/h3-6,13,17H,2,7-11H2,1H3,(H,16,18). The van der Waals surface area contributed by atoms with Crippen molar-refractivity contribution in [3.63, 3.8) is 0 Å². The van der Waals surface area contributed by atoms with Gasteiger partial charge in [0.15, 0.2) is 0 Å². The highest BCUT2D eigenvalue weighted by atomic mass is 16.5. The van der Waals surface area contributed by atoms with Gasteiger partial charge in [-0.3, -0.25) is 4.79 Å². The fraction of sp³-hybridized carbons (Fsp3) is 0.533. The number of amides is 1. The number of hydrogen-bond acceptors (Lipinski definition) is 3.